The van der Waals surface area contributed by atoms with Crippen molar-refractivity contribution in [1.82, 2.24) is 4.98 Å². The first-order valence-corrected chi connectivity index (χ1v) is 16.7. The van der Waals surface area contributed by atoms with Crippen LogP contribution in [0, 0.1) is 35.4 Å². The summed E-state index contributed by atoms with van der Waals surface area (Å²) in [5.41, 5.74) is 2.00. The molecule has 3 aromatic carbocycles. The van der Waals surface area contributed by atoms with Gasteiger partial charge < -0.3 is 15.0 Å². The van der Waals surface area contributed by atoms with Gasteiger partial charge in [0.05, 0.1) is 22.5 Å². The van der Waals surface area contributed by atoms with Crippen LogP contribution in [0.1, 0.15) is 22.8 Å². The smallest absolute Gasteiger partial charge is 0.305 e. The van der Waals surface area contributed by atoms with E-state index < -0.39 is 5.92 Å². The van der Waals surface area contributed by atoms with Crippen LogP contribution in [-0.2, 0) is 14.4 Å². The van der Waals surface area contributed by atoms with Crippen molar-refractivity contribution in [1.29, 1.82) is 0 Å². The Bertz CT molecular complexity index is 1900. The lowest BCUT2D eigenvalue weighted by Crippen LogP contribution is -2.42. The summed E-state index contributed by atoms with van der Waals surface area (Å²) in [6.45, 7) is -0.224. The number of anilines is 2. The van der Waals surface area contributed by atoms with E-state index in [2.05, 4.69) is 10.3 Å². The van der Waals surface area contributed by atoms with E-state index in [-0.39, 0.29) is 69.9 Å². The SMILES string of the molecule is O=C(COc1ccc([C@H]2c3sc(=O)[nH]c3SC3C4CC(C5C(=O)N(c6ccc(Cl)cc6)C(=O)C45)C32)cc1)Nc1ccc(F)cc1. The van der Waals surface area contributed by atoms with Gasteiger partial charge >= 0.3 is 4.87 Å². The highest BCUT2D eigenvalue weighted by molar-refractivity contribution is 8.00. The summed E-state index contributed by atoms with van der Waals surface area (Å²) in [6.07, 6.45) is 0.795. The highest BCUT2D eigenvalue weighted by Gasteiger charge is 2.69. The highest BCUT2D eigenvalue weighted by Crippen LogP contribution is 2.68. The number of halogens is 2. The van der Waals surface area contributed by atoms with Crippen LogP contribution < -0.4 is 19.8 Å². The van der Waals surface area contributed by atoms with Crippen LogP contribution >= 0.6 is 34.7 Å². The number of aromatic amines is 1. The molecule has 2 N–H and O–H groups in total. The minimum Gasteiger partial charge on any atom is -0.484 e. The van der Waals surface area contributed by atoms with Crippen molar-refractivity contribution in [3.8, 4) is 5.75 Å². The highest BCUT2D eigenvalue weighted by atomic mass is 35.5. The molecule has 3 heterocycles. The maximum Gasteiger partial charge on any atom is 0.305 e. The van der Waals surface area contributed by atoms with Crippen LogP contribution in [0.15, 0.2) is 82.6 Å². The molecule has 7 atom stereocenters. The fourth-order valence-corrected chi connectivity index (χ4v) is 10.9. The first-order valence-electron chi connectivity index (χ1n) is 14.6. The molecular weight excluding hydrogens is 637 g/mol. The molecule has 6 unspecified atom stereocenters. The third kappa shape index (κ3) is 4.71. The molecule has 4 aromatic rings. The topological polar surface area (TPSA) is 109 Å². The average Bonchev–Trinajstić information content (AvgIpc) is 3.77. The van der Waals surface area contributed by atoms with Gasteiger partial charge in [-0.3, -0.25) is 24.1 Å². The molecule has 2 aliphatic heterocycles. The maximum atomic E-state index is 13.9. The number of amides is 3. The summed E-state index contributed by atoms with van der Waals surface area (Å²) in [5, 5.41) is 4.12. The predicted molar refractivity (Wildman–Crippen MR) is 169 cm³/mol. The van der Waals surface area contributed by atoms with Crippen molar-refractivity contribution in [2.24, 2.45) is 29.6 Å². The van der Waals surface area contributed by atoms with Gasteiger partial charge in [0.2, 0.25) is 11.8 Å². The zero-order valence-corrected chi connectivity index (χ0v) is 25.8. The van der Waals surface area contributed by atoms with E-state index in [0.717, 1.165) is 21.9 Å². The molecule has 3 fully saturated rings. The second-order valence-corrected chi connectivity index (χ2v) is 14.5. The number of hydrogen-bond donors (Lipinski definition) is 2. The van der Waals surface area contributed by atoms with Gasteiger partial charge in [0, 0.05) is 26.8 Å². The van der Waals surface area contributed by atoms with Crippen molar-refractivity contribution >= 4 is 63.8 Å². The number of H-pyrrole nitrogens is 1. The molecule has 45 heavy (non-hydrogen) atoms. The molecule has 8 rings (SSSR count). The molecule has 2 bridgehead atoms. The third-order valence-corrected chi connectivity index (χ3v) is 12.4. The molecule has 0 spiro atoms. The van der Waals surface area contributed by atoms with Gasteiger partial charge in [-0.1, -0.05) is 35.1 Å². The Hall–Kier alpha value is -3.93. The van der Waals surface area contributed by atoms with Crippen LogP contribution in [0.3, 0.4) is 0 Å². The van der Waals surface area contributed by atoms with E-state index in [1.165, 1.54) is 40.5 Å². The minimum absolute atomic E-state index is 0.00677. The van der Waals surface area contributed by atoms with Gasteiger partial charge in [-0.15, -0.1) is 11.8 Å². The number of rotatable bonds is 6. The second-order valence-electron chi connectivity index (χ2n) is 11.9. The monoisotopic (exact) mass is 661 g/mol. The van der Waals surface area contributed by atoms with Crippen molar-refractivity contribution in [2.75, 3.05) is 16.8 Å². The standard InChI is InChI=1S/C33H25ClFN3O5S2/c34-16-3-9-19(10-4-16)38-31(40)26-21-13-22(27(26)32(38)41)28-25(21)24(29-30(44-28)37-33(42)45-29)15-1-11-20(12-2-15)43-14-23(39)36-18-7-5-17(35)6-8-18/h1-12,21-22,24-28H,13-14H2,(H,36,39)(H,37,42)/t21?,22?,24-,25?,26?,27?,28?/m1/s1. The molecule has 2 aliphatic carbocycles. The van der Waals surface area contributed by atoms with Crippen LogP contribution in [0.2, 0.25) is 5.02 Å². The normalized spacial score (nSPS) is 27.7. The average molecular weight is 662 g/mol. The van der Waals surface area contributed by atoms with E-state index in [9.17, 15) is 23.6 Å². The largest absolute Gasteiger partial charge is 0.484 e. The summed E-state index contributed by atoms with van der Waals surface area (Å²) in [4.78, 5) is 57.8. The van der Waals surface area contributed by atoms with Gasteiger partial charge in [-0.05, 0) is 90.4 Å². The Morgan fingerprint density at radius 3 is 2.36 bits per heavy atom. The number of imide groups is 1. The van der Waals surface area contributed by atoms with Crippen LogP contribution in [0.5, 0.6) is 5.75 Å². The Morgan fingerprint density at radius 1 is 0.956 bits per heavy atom. The number of fused-ring (bicyclic) bond motifs is 9. The van der Waals surface area contributed by atoms with Crippen LogP contribution in [0.25, 0.3) is 0 Å². The van der Waals surface area contributed by atoms with Crippen molar-refractivity contribution in [3.63, 3.8) is 0 Å². The van der Waals surface area contributed by atoms with E-state index in [1.807, 2.05) is 12.1 Å². The molecule has 0 radical (unpaired) electrons. The lowest BCUT2D eigenvalue weighted by molar-refractivity contribution is -0.123. The van der Waals surface area contributed by atoms with E-state index in [4.69, 9.17) is 16.3 Å². The number of aromatic nitrogens is 1. The summed E-state index contributed by atoms with van der Waals surface area (Å²) in [6, 6.07) is 19.8. The Balaban J connectivity index is 1.05. The molecule has 4 aliphatic rings. The molecule has 1 saturated heterocycles. The fourth-order valence-electron chi connectivity index (χ4n) is 7.89. The molecule has 3 amide bonds. The van der Waals surface area contributed by atoms with Crippen molar-refractivity contribution < 1.29 is 23.5 Å². The molecule has 12 heteroatoms. The number of carbonyl (C=O) groups is 3. The van der Waals surface area contributed by atoms with E-state index >= 15 is 0 Å². The first kappa shape index (κ1) is 28.5. The number of carbonyl (C=O) groups excluding carboxylic acids is 3. The van der Waals surface area contributed by atoms with Gasteiger partial charge in [-0.2, -0.15) is 0 Å². The summed E-state index contributed by atoms with van der Waals surface area (Å²) < 4.78 is 18.9. The van der Waals surface area contributed by atoms with Crippen LogP contribution in [0.4, 0.5) is 15.8 Å². The summed E-state index contributed by atoms with van der Waals surface area (Å²) >= 11 is 8.91. The number of benzene rings is 3. The lowest BCUT2D eigenvalue weighted by Gasteiger charge is -2.43. The number of ether oxygens (including phenoxy) is 1. The molecule has 228 valence electrons. The fraction of sp³-hybridized carbons (Fsp3) is 0.273. The molecular formula is C33H25ClFN3O5S2. The van der Waals surface area contributed by atoms with E-state index in [0.29, 0.717) is 22.1 Å². The van der Waals surface area contributed by atoms with Crippen LogP contribution in [-0.4, -0.2) is 34.6 Å². The zero-order chi connectivity index (χ0) is 31.0. The first-order chi connectivity index (χ1) is 21.8. The Labute approximate surface area is 269 Å². The maximum absolute atomic E-state index is 13.9. The van der Waals surface area contributed by atoms with Gasteiger partial charge in [0.1, 0.15) is 11.6 Å². The predicted octanol–water partition coefficient (Wildman–Crippen LogP) is 5.92. The Morgan fingerprint density at radius 2 is 1.64 bits per heavy atom. The van der Waals surface area contributed by atoms with Gasteiger partial charge in [0.25, 0.3) is 5.91 Å². The van der Waals surface area contributed by atoms with Gasteiger partial charge in [-0.25, -0.2) is 4.39 Å². The number of nitrogens with zero attached hydrogens (tertiary/aromatic N) is 1. The number of thiazole rings is 1. The lowest BCUT2D eigenvalue weighted by atomic mass is 9.68. The molecule has 1 aromatic heterocycles. The molecule has 2 saturated carbocycles. The number of hydrogen-bond acceptors (Lipinski definition) is 7. The van der Waals surface area contributed by atoms with Crippen molar-refractivity contribution in [3.05, 3.63) is 104 Å². The number of thioether (sulfide) groups is 1. The molecule has 8 nitrogen and oxygen atoms in total. The zero-order valence-electron chi connectivity index (χ0n) is 23.4. The van der Waals surface area contributed by atoms with Gasteiger partial charge in [0.15, 0.2) is 6.61 Å². The van der Waals surface area contributed by atoms with Crippen molar-refractivity contribution in [2.45, 2.75) is 22.6 Å². The second kappa shape index (κ2) is 10.9. The number of nitrogens with one attached hydrogen (secondary N) is 2. The van der Waals surface area contributed by atoms with E-state index in [1.54, 1.807) is 48.2 Å². The summed E-state index contributed by atoms with van der Waals surface area (Å²) in [5.74, 6) is -1.40. The quantitative estimate of drug-likeness (QED) is 0.248. The summed E-state index contributed by atoms with van der Waals surface area (Å²) in [7, 11) is 0. The minimum atomic E-state index is -0.401. The Kier molecular flexibility index (Phi) is 6.88. The third-order valence-electron chi connectivity index (χ3n) is 9.55.